The third-order valence-electron chi connectivity index (χ3n) is 7.05. The van der Waals surface area contributed by atoms with E-state index in [2.05, 4.69) is 13.5 Å². The van der Waals surface area contributed by atoms with Crippen LogP contribution in [0.2, 0.25) is 0 Å². The van der Waals surface area contributed by atoms with E-state index in [0.717, 1.165) is 32.1 Å². The van der Waals surface area contributed by atoms with Crippen LogP contribution in [0.4, 0.5) is 0 Å². The first-order valence-electron chi connectivity index (χ1n) is 15.6. The highest BCUT2D eigenvalue weighted by Gasteiger charge is 2.02. The highest BCUT2D eigenvalue weighted by molar-refractivity contribution is 5.69. The fourth-order valence-electron chi connectivity index (χ4n) is 4.70. The number of allylic oxidation sites excluding steroid dienone is 1. The van der Waals surface area contributed by atoms with Gasteiger partial charge in [0.1, 0.15) is 0 Å². The van der Waals surface area contributed by atoms with Crippen molar-refractivity contribution in [3.63, 3.8) is 0 Å². The Labute approximate surface area is 215 Å². The van der Waals surface area contributed by atoms with Crippen LogP contribution in [0.15, 0.2) is 12.7 Å². The van der Waals surface area contributed by atoms with Crippen molar-refractivity contribution in [3.8, 4) is 0 Å². The smallest absolute Gasteiger partial charge is 0.305 e. The minimum atomic E-state index is -0.00288. The number of hydrogen-bond donors (Lipinski definition) is 0. The molecule has 0 heterocycles. The average Bonchev–Trinajstić information content (AvgIpc) is 2.84. The van der Waals surface area contributed by atoms with Crippen LogP contribution >= 0.6 is 0 Å². The summed E-state index contributed by atoms with van der Waals surface area (Å²) < 4.78 is 5.30. The van der Waals surface area contributed by atoms with Crippen LogP contribution in [0.1, 0.15) is 180 Å². The summed E-state index contributed by atoms with van der Waals surface area (Å²) in [6.07, 6.45) is 37.6. The molecule has 0 aromatic rings. The highest BCUT2D eigenvalue weighted by Crippen LogP contribution is 2.15. The second kappa shape index (κ2) is 30.2. The first-order chi connectivity index (χ1) is 16.8. The van der Waals surface area contributed by atoms with Gasteiger partial charge in [0.05, 0.1) is 6.61 Å². The van der Waals surface area contributed by atoms with Crippen molar-refractivity contribution in [2.24, 2.45) is 0 Å². The molecule has 2 heteroatoms. The van der Waals surface area contributed by atoms with Crippen LogP contribution in [0.3, 0.4) is 0 Å². The molecule has 0 aromatic carbocycles. The Morgan fingerprint density at radius 2 is 0.882 bits per heavy atom. The maximum Gasteiger partial charge on any atom is 0.305 e. The lowest BCUT2D eigenvalue weighted by Crippen LogP contribution is -2.05. The van der Waals surface area contributed by atoms with Crippen LogP contribution in [0.25, 0.3) is 0 Å². The number of ether oxygens (including phenoxy) is 1. The van der Waals surface area contributed by atoms with Gasteiger partial charge in [0.25, 0.3) is 0 Å². The van der Waals surface area contributed by atoms with E-state index in [0.29, 0.717) is 13.0 Å². The molecular weight excluding hydrogens is 416 g/mol. The lowest BCUT2D eigenvalue weighted by Gasteiger charge is -2.05. The van der Waals surface area contributed by atoms with Crippen molar-refractivity contribution in [3.05, 3.63) is 12.7 Å². The van der Waals surface area contributed by atoms with Gasteiger partial charge in [-0.3, -0.25) is 4.79 Å². The fourth-order valence-corrected chi connectivity index (χ4v) is 4.70. The molecule has 0 N–H and O–H groups in total. The van der Waals surface area contributed by atoms with Gasteiger partial charge in [-0.05, 0) is 32.1 Å². The van der Waals surface area contributed by atoms with Crippen LogP contribution in [0.5, 0.6) is 0 Å². The largest absolute Gasteiger partial charge is 0.466 e. The molecule has 0 aromatic heterocycles. The monoisotopic (exact) mass is 478 g/mol. The van der Waals surface area contributed by atoms with Crippen LogP contribution in [-0.4, -0.2) is 12.6 Å². The Morgan fingerprint density at radius 3 is 1.26 bits per heavy atom. The molecule has 0 saturated carbocycles. The highest BCUT2D eigenvalue weighted by atomic mass is 16.5. The van der Waals surface area contributed by atoms with E-state index in [-0.39, 0.29) is 5.97 Å². The standard InChI is InChI=1S/C32H62O2/c1-3-5-7-9-10-11-12-13-14-15-16-17-18-19-20-21-22-23-24-25-26-28-30-32(33)34-31-29-27-8-6-4-2/h4H,2-3,5-31H2,1H3. The Hall–Kier alpha value is -0.790. The molecular formula is C32H62O2. The number of carbonyl (C=O) groups is 1. The molecule has 0 amide bonds. The van der Waals surface area contributed by atoms with Gasteiger partial charge in [0, 0.05) is 6.42 Å². The number of carbonyl (C=O) groups excluding carboxylic acids is 1. The molecule has 0 aliphatic rings. The molecule has 0 rings (SSSR count). The molecule has 2 nitrogen and oxygen atoms in total. The SMILES string of the molecule is C=CCCCCCOC(=O)CCCCCCCCCCCCCCCCCCCCCCCC. The Balaban J connectivity index is 3.10. The molecule has 0 spiro atoms. The maximum absolute atomic E-state index is 11.7. The predicted molar refractivity (Wildman–Crippen MR) is 151 cm³/mol. The predicted octanol–water partition coefficient (Wildman–Crippen LogP) is 11.3. The Kier molecular flexibility index (Phi) is 29.5. The van der Waals surface area contributed by atoms with E-state index in [1.54, 1.807) is 0 Å². The molecule has 0 unspecified atom stereocenters. The van der Waals surface area contributed by atoms with E-state index < -0.39 is 0 Å². The minimum absolute atomic E-state index is 0.00288. The summed E-state index contributed by atoms with van der Waals surface area (Å²) in [4.78, 5) is 11.7. The lowest BCUT2D eigenvalue weighted by molar-refractivity contribution is -0.143. The summed E-state index contributed by atoms with van der Waals surface area (Å²) in [5, 5.41) is 0. The minimum Gasteiger partial charge on any atom is -0.466 e. The van der Waals surface area contributed by atoms with Gasteiger partial charge in [-0.2, -0.15) is 0 Å². The van der Waals surface area contributed by atoms with E-state index in [4.69, 9.17) is 4.74 Å². The molecule has 0 radical (unpaired) electrons. The van der Waals surface area contributed by atoms with Crippen molar-refractivity contribution in [1.82, 2.24) is 0 Å². The number of unbranched alkanes of at least 4 members (excludes halogenated alkanes) is 24. The summed E-state index contributed by atoms with van der Waals surface area (Å²) in [7, 11) is 0. The van der Waals surface area contributed by atoms with E-state index in [1.165, 1.54) is 135 Å². The van der Waals surface area contributed by atoms with E-state index in [1.807, 2.05) is 6.08 Å². The van der Waals surface area contributed by atoms with Crippen molar-refractivity contribution in [1.29, 1.82) is 0 Å². The average molecular weight is 479 g/mol. The molecule has 0 bridgehead atoms. The first kappa shape index (κ1) is 33.2. The molecule has 0 fully saturated rings. The number of hydrogen-bond acceptors (Lipinski definition) is 2. The molecule has 34 heavy (non-hydrogen) atoms. The first-order valence-corrected chi connectivity index (χ1v) is 15.6. The Morgan fingerprint density at radius 1 is 0.529 bits per heavy atom. The quantitative estimate of drug-likeness (QED) is 0.0607. The van der Waals surface area contributed by atoms with Crippen LogP contribution in [0, 0.1) is 0 Å². The van der Waals surface area contributed by atoms with Crippen LogP contribution in [-0.2, 0) is 9.53 Å². The van der Waals surface area contributed by atoms with Crippen molar-refractivity contribution in [2.75, 3.05) is 6.61 Å². The van der Waals surface area contributed by atoms with Gasteiger partial charge in [0.2, 0.25) is 0 Å². The summed E-state index contributed by atoms with van der Waals surface area (Å²) in [6.45, 7) is 6.61. The molecule has 0 aliphatic carbocycles. The second-order valence-corrected chi connectivity index (χ2v) is 10.5. The van der Waals surface area contributed by atoms with Gasteiger partial charge in [-0.25, -0.2) is 0 Å². The second-order valence-electron chi connectivity index (χ2n) is 10.5. The molecule has 0 saturated heterocycles. The van der Waals surface area contributed by atoms with Gasteiger partial charge in [-0.15, -0.1) is 6.58 Å². The van der Waals surface area contributed by atoms with Gasteiger partial charge >= 0.3 is 5.97 Å². The lowest BCUT2D eigenvalue weighted by atomic mass is 10.0. The summed E-state index contributed by atoms with van der Waals surface area (Å²) >= 11 is 0. The van der Waals surface area contributed by atoms with Gasteiger partial charge in [-0.1, -0.05) is 148 Å². The zero-order valence-corrected chi connectivity index (χ0v) is 23.4. The van der Waals surface area contributed by atoms with Gasteiger partial charge < -0.3 is 4.74 Å². The third-order valence-corrected chi connectivity index (χ3v) is 7.05. The Bertz CT molecular complexity index is 404. The van der Waals surface area contributed by atoms with E-state index in [9.17, 15) is 4.79 Å². The number of esters is 1. The molecule has 0 atom stereocenters. The van der Waals surface area contributed by atoms with Crippen molar-refractivity contribution in [2.45, 2.75) is 180 Å². The summed E-state index contributed by atoms with van der Waals surface area (Å²) in [6, 6.07) is 0. The molecule has 202 valence electrons. The third kappa shape index (κ3) is 29.2. The zero-order valence-electron chi connectivity index (χ0n) is 23.4. The zero-order chi connectivity index (χ0) is 24.8. The normalized spacial score (nSPS) is 11.1. The fraction of sp³-hybridized carbons (Fsp3) is 0.906. The van der Waals surface area contributed by atoms with Gasteiger partial charge in [0.15, 0.2) is 0 Å². The van der Waals surface area contributed by atoms with Crippen molar-refractivity contribution >= 4 is 5.97 Å². The summed E-state index contributed by atoms with van der Waals surface area (Å²) in [5.41, 5.74) is 0. The maximum atomic E-state index is 11.7. The van der Waals surface area contributed by atoms with Crippen molar-refractivity contribution < 1.29 is 9.53 Å². The number of rotatable bonds is 29. The topological polar surface area (TPSA) is 26.3 Å². The summed E-state index contributed by atoms with van der Waals surface area (Å²) in [5.74, 6) is -0.00288. The van der Waals surface area contributed by atoms with Crippen LogP contribution < -0.4 is 0 Å². The van der Waals surface area contributed by atoms with E-state index >= 15 is 0 Å². The molecule has 0 aliphatic heterocycles.